The van der Waals surface area contributed by atoms with Crippen LogP contribution in [0.1, 0.15) is 57.9 Å². The third kappa shape index (κ3) is 7.02. The standard InChI is InChI=1S/C14H26N2O.C7H6F2/c1-10(16-11(2)17)7-14-8-12-5-3-4-6-13(12)9-15-14;1-5-2-6(8)4-7(9)3-5/h10,12-15H,3-9H2,1-2H3,(H,16,17);2-4H,1H3/t10-,12?,13?,14?;/m0./s1. The molecule has 1 aromatic rings. The zero-order chi connectivity index (χ0) is 19.1. The van der Waals surface area contributed by atoms with Gasteiger partial charge in [0.2, 0.25) is 5.91 Å². The van der Waals surface area contributed by atoms with E-state index in [1.54, 1.807) is 13.8 Å². The predicted molar refractivity (Wildman–Crippen MR) is 101 cm³/mol. The van der Waals surface area contributed by atoms with Crippen molar-refractivity contribution in [1.82, 2.24) is 10.6 Å². The van der Waals surface area contributed by atoms with Gasteiger partial charge in [-0.3, -0.25) is 4.79 Å². The van der Waals surface area contributed by atoms with Gasteiger partial charge in [0.1, 0.15) is 11.6 Å². The minimum atomic E-state index is -0.521. The second kappa shape index (κ2) is 10.0. The first kappa shape index (κ1) is 20.8. The summed E-state index contributed by atoms with van der Waals surface area (Å²) in [7, 11) is 0. The van der Waals surface area contributed by atoms with E-state index in [0.29, 0.717) is 17.6 Å². The smallest absolute Gasteiger partial charge is 0.217 e. The van der Waals surface area contributed by atoms with Gasteiger partial charge in [-0.15, -0.1) is 0 Å². The van der Waals surface area contributed by atoms with E-state index in [-0.39, 0.29) is 5.91 Å². The van der Waals surface area contributed by atoms with Crippen molar-refractivity contribution in [2.75, 3.05) is 6.54 Å². The van der Waals surface area contributed by atoms with Crippen LogP contribution in [0.25, 0.3) is 0 Å². The van der Waals surface area contributed by atoms with Gasteiger partial charge >= 0.3 is 0 Å². The Balaban J connectivity index is 0.000000228. The van der Waals surface area contributed by atoms with Gasteiger partial charge in [-0.2, -0.15) is 0 Å². The van der Waals surface area contributed by atoms with Crippen molar-refractivity contribution < 1.29 is 13.6 Å². The minimum Gasteiger partial charge on any atom is -0.354 e. The molecule has 1 saturated heterocycles. The molecule has 26 heavy (non-hydrogen) atoms. The fraction of sp³-hybridized carbons (Fsp3) is 0.667. The lowest BCUT2D eigenvalue weighted by Gasteiger charge is -2.40. The zero-order valence-corrected chi connectivity index (χ0v) is 16.2. The van der Waals surface area contributed by atoms with Crippen LogP contribution in [0.4, 0.5) is 8.78 Å². The highest BCUT2D eigenvalue weighted by Gasteiger charge is 2.32. The normalized spacial score (nSPS) is 26.1. The van der Waals surface area contributed by atoms with Crippen molar-refractivity contribution in [2.24, 2.45) is 11.8 Å². The molecule has 1 aliphatic carbocycles. The first-order chi connectivity index (χ1) is 12.3. The molecule has 1 saturated carbocycles. The Morgan fingerprint density at radius 3 is 2.38 bits per heavy atom. The molecule has 5 heteroatoms. The van der Waals surface area contributed by atoms with Gasteiger partial charge in [0.15, 0.2) is 0 Å². The number of aryl methyl sites for hydroxylation is 1. The average Bonchev–Trinajstić information content (AvgIpc) is 2.53. The molecule has 1 heterocycles. The fourth-order valence-corrected chi connectivity index (χ4v) is 4.33. The lowest BCUT2D eigenvalue weighted by molar-refractivity contribution is -0.119. The summed E-state index contributed by atoms with van der Waals surface area (Å²) in [5.74, 6) is 0.916. The highest BCUT2D eigenvalue weighted by molar-refractivity contribution is 5.73. The number of amides is 1. The lowest BCUT2D eigenvalue weighted by atomic mass is 9.73. The van der Waals surface area contributed by atoms with Crippen molar-refractivity contribution in [3.63, 3.8) is 0 Å². The first-order valence-corrected chi connectivity index (χ1v) is 9.76. The summed E-state index contributed by atoms with van der Waals surface area (Å²) in [6, 6.07) is 4.32. The quantitative estimate of drug-likeness (QED) is 0.835. The van der Waals surface area contributed by atoms with E-state index >= 15 is 0 Å². The molecule has 1 amide bonds. The summed E-state index contributed by atoms with van der Waals surface area (Å²) in [6.07, 6.45) is 8.09. The average molecular weight is 366 g/mol. The summed E-state index contributed by atoms with van der Waals surface area (Å²) < 4.78 is 24.4. The monoisotopic (exact) mass is 366 g/mol. The number of rotatable bonds is 3. The third-order valence-electron chi connectivity index (χ3n) is 5.42. The van der Waals surface area contributed by atoms with E-state index in [1.807, 2.05) is 0 Å². The van der Waals surface area contributed by atoms with Gasteiger partial charge in [0.25, 0.3) is 0 Å². The van der Waals surface area contributed by atoms with Crippen LogP contribution >= 0.6 is 0 Å². The Bertz CT molecular complexity index is 543. The van der Waals surface area contributed by atoms with Crippen molar-refractivity contribution >= 4 is 5.91 Å². The Morgan fingerprint density at radius 2 is 1.81 bits per heavy atom. The second-order valence-electron chi connectivity index (χ2n) is 7.93. The molecule has 146 valence electrons. The van der Waals surface area contributed by atoms with E-state index in [1.165, 1.54) is 50.8 Å². The van der Waals surface area contributed by atoms with Crippen LogP contribution < -0.4 is 10.6 Å². The zero-order valence-electron chi connectivity index (χ0n) is 16.2. The van der Waals surface area contributed by atoms with Crippen LogP contribution in [0, 0.1) is 30.4 Å². The molecule has 1 aliphatic heterocycles. The summed E-state index contributed by atoms with van der Waals surface area (Å²) in [5.41, 5.74) is 0.604. The number of piperidine rings is 1. The number of hydrogen-bond donors (Lipinski definition) is 2. The van der Waals surface area contributed by atoms with E-state index in [9.17, 15) is 13.6 Å². The Kier molecular flexibility index (Phi) is 8.01. The van der Waals surface area contributed by atoms with E-state index in [4.69, 9.17) is 0 Å². The van der Waals surface area contributed by atoms with Crippen molar-refractivity contribution in [3.8, 4) is 0 Å². The maximum Gasteiger partial charge on any atom is 0.217 e. The molecule has 4 atom stereocenters. The summed E-state index contributed by atoms with van der Waals surface area (Å²) in [5, 5.41) is 6.65. The van der Waals surface area contributed by atoms with Gasteiger partial charge in [0.05, 0.1) is 0 Å². The van der Waals surface area contributed by atoms with E-state index < -0.39 is 11.6 Å². The molecule has 0 radical (unpaired) electrons. The molecule has 3 unspecified atom stereocenters. The molecular weight excluding hydrogens is 334 g/mol. The molecule has 0 aromatic heterocycles. The first-order valence-electron chi connectivity index (χ1n) is 9.76. The number of benzene rings is 1. The molecule has 2 aliphatic rings. The van der Waals surface area contributed by atoms with Crippen LogP contribution in [-0.2, 0) is 4.79 Å². The topological polar surface area (TPSA) is 41.1 Å². The second-order valence-corrected chi connectivity index (χ2v) is 7.93. The van der Waals surface area contributed by atoms with Crippen molar-refractivity contribution in [3.05, 3.63) is 35.4 Å². The van der Waals surface area contributed by atoms with Crippen LogP contribution in [0.15, 0.2) is 18.2 Å². The summed E-state index contributed by atoms with van der Waals surface area (Å²) in [4.78, 5) is 11.0. The van der Waals surface area contributed by atoms with Crippen LogP contribution in [-0.4, -0.2) is 24.5 Å². The maximum atomic E-state index is 12.2. The van der Waals surface area contributed by atoms with Gasteiger partial charge in [-0.05, 0) is 69.2 Å². The SMILES string of the molecule is CC(=O)N[C@@H](C)CC1CC2CCCCC2CN1.Cc1cc(F)cc(F)c1. The Labute approximate surface area is 155 Å². The number of nitrogens with one attached hydrogen (secondary N) is 2. The predicted octanol–water partition coefficient (Wildman–Crippen LogP) is 4.34. The Hall–Kier alpha value is -1.49. The van der Waals surface area contributed by atoms with E-state index in [2.05, 4.69) is 17.6 Å². The molecule has 3 nitrogen and oxygen atoms in total. The largest absolute Gasteiger partial charge is 0.354 e. The number of carbonyl (C=O) groups excluding carboxylic acids is 1. The van der Waals surface area contributed by atoms with Crippen molar-refractivity contribution in [1.29, 1.82) is 0 Å². The maximum absolute atomic E-state index is 12.2. The molecular formula is C21H32F2N2O. The van der Waals surface area contributed by atoms with Gasteiger partial charge in [-0.25, -0.2) is 8.78 Å². The van der Waals surface area contributed by atoms with Crippen LogP contribution in [0.5, 0.6) is 0 Å². The number of halogens is 2. The van der Waals surface area contributed by atoms with Crippen molar-refractivity contribution in [2.45, 2.75) is 71.4 Å². The lowest BCUT2D eigenvalue weighted by Crippen LogP contribution is -2.47. The van der Waals surface area contributed by atoms with Gasteiger partial charge < -0.3 is 10.6 Å². The number of fused-ring (bicyclic) bond motifs is 1. The Morgan fingerprint density at radius 1 is 1.19 bits per heavy atom. The highest BCUT2D eigenvalue weighted by Crippen LogP contribution is 2.36. The van der Waals surface area contributed by atoms with Crippen LogP contribution in [0.2, 0.25) is 0 Å². The molecule has 2 fully saturated rings. The summed E-state index contributed by atoms with van der Waals surface area (Å²) >= 11 is 0. The molecule has 0 bridgehead atoms. The number of carbonyl (C=O) groups is 1. The van der Waals surface area contributed by atoms with E-state index in [0.717, 1.165) is 24.3 Å². The minimum absolute atomic E-state index is 0.0869. The molecule has 2 N–H and O–H groups in total. The van der Waals surface area contributed by atoms with Gasteiger partial charge in [-0.1, -0.05) is 19.3 Å². The molecule has 3 rings (SSSR count). The fourth-order valence-electron chi connectivity index (χ4n) is 4.33. The molecule has 0 spiro atoms. The number of hydrogen-bond acceptors (Lipinski definition) is 2. The summed E-state index contributed by atoms with van der Waals surface area (Å²) in [6.45, 7) is 6.55. The van der Waals surface area contributed by atoms with Gasteiger partial charge in [0, 0.05) is 25.1 Å². The van der Waals surface area contributed by atoms with Crippen LogP contribution in [0.3, 0.4) is 0 Å². The highest BCUT2D eigenvalue weighted by atomic mass is 19.1. The third-order valence-corrected chi connectivity index (χ3v) is 5.42. The molecule has 1 aromatic carbocycles.